The first-order chi connectivity index (χ1) is 11.7. The third-order valence-corrected chi connectivity index (χ3v) is 3.93. The van der Waals surface area contributed by atoms with E-state index in [1.54, 1.807) is 20.8 Å². The van der Waals surface area contributed by atoms with Crippen molar-refractivity contribution in [2.24, 2.45) is 5.41 Å². The van der Waals surface area contributed by atoms with Gasteiger partial charge in [-0.05, 0) is 0 Å². The number of amides is 1. The van der Waals surface area contributed by atoms with E-state index < -0.39 is 29.5 Å². The lowest BCUT2D eigenvalue weighted by atomic mass is 9.96. The number of aromatic nitrogens is 2. The number of aliphatic hydroxyl groups excluding tert-OH is 2. The third kappa shape index (κ3) is 4.43. The SMILES string of the molecule is COCc1cn([C@H]2C[C@H](O)[C@@H](CO)O2)c(=O)nc1NC(=O)C(C)(C)C. The normalized spacial score (nSPS) is 23.7. The Morgan fingerprint density at radius 2 is 2.20 bits per heavy atom. The summed E-state index contributed by atoms with van der Waals surface area (Å²) >= 11 is 0. The van der Waals surface area contributed by atoms with E-state index in [0.717, 1.165) is 0 Å². The van der Waals surface area contributed by atoms with Crippen molar-refractivity contribution >= 4 is 11.7 Å². The van der Waals surface area contributed by atoms with Gasteiger partial charge in [0.15, 0.2) is 0 Å². The van der Waals surface area contributed by atoms with Gasteiger partial charge in [-0.2, -0.15) is 4.98 Å². The van der Waals surface area contributed by atoms with E-state index in [0.29, 0.717) is 5.56 Å². The molecule has 1 aromatic heterocycles. The molecule has 1 amide bonds. The molecule has 3 atom stereocenters. The number of ether oxygens (including phenoxy) is 2. The molecular weight excluding hydrogens is 330 g/mol. The second kappa shape index (κ2) is 7.61. The van der Waals surface area contributed by atoms with Crippen molar-refractivity contribution in [2.45, 2.75) is 52.2 Å². The van der Waals surface area contributed by atoms with Crippen molar-refractivity contribution in [3.8, 4) is 0 Å². The molecule has 1 aliphatic rings. The van der Waals surface area contributed by atoms with Gasteiger partial charge in [0.1, 0.15) is 18.1 Å². The highest BCUT2D eigenvalue weighted by atomic mass is 16.5. The number of carbonyl (C=O) groups is 1. The van der Waals surface area contributed by atoms with Crippen LogP contribution in [0.3, 0.4) is 0 Å². The fraction of sp³-hybridized carbons (Fsp3) is 0.688. The Kier molecular flexibility index (Phi) is 5.94. The summed E-state index contributed by atoms with van der Waals surface area (Å²) in [6.07, 6.45) is -0.701. The van der Waals surface area contributed by atoms with Gasteiger partial charge in [0, 0.05) is 30.7 Å². The van der Waals surface area contributed by atoms with Gasteiger partial charge < -0.3 is 25.0 Å². The monoisotopic (exact) mass is 355 g/mol. The summed E-state index contributed by atoms with van der Waals surface area (Å²) in [7, 11) is 1.49. The molecule has 1 aromatic rings. The van der Waals surface area contributed by atoms with Crippen molar-refractivity contribution in [2.75, 3.05) is 19.0 Å². The van der Waals surface area contributed by atoms with E-state index in [9.17, 15) is 19.8 Å². The minimum atomic E-state index is -0.868. The number of rotatable bonds is 5. The van der Waals surface area contributed by atoms with E-state index in [4.69, 9.17) is 9.47 Å². The number of hydrogen-bond acceptors (Lipinski definition) is 7. The highest BCUT2D eigenvalue weighted by Gasteiger charge is 2.35. The third-order valence-electron chi connectivity index (χ3n) is 3.93. The molecule has 0 bridgehead atoms. The van der Waals surface area contributed by atoms with Crippen molar-refractivity contribution in [3.63, 3.8) is 0 Å². The Morgan fingerprint density at radius 3 is 2.72 bits per heavy atom. The number of methoxy groups -OCH3 is 1. The Hall–Kier alpha value is -1.81. The van der Waals surface area contributed by atoms with Gasteiger partial charge in [-0.25, -0.2) is 4.79 Å². The summed E-state index contributed by atoms with van der Waals surface area (Å²) in [4.78, 5) is 28.5. The van der Waals surface area contributed by atoms with Crippen LogP contribution in [0.5, 0.6) is 0 Å². The fourth-order valence-electron chi connectivity index (χ4n) is 2.43. The molecule has 3 N–H and O–H groups in total. The topological polar surface area (TPSA) is 123 Å². The molecule has 0 aromatic carbocycles. The van der Waals surface area contributed by atoms with Crippen molar-refractivity contribution < 1.29 is 24.5 Å². The fourth-order valence-corrected chi connectivity index (χ4v) is 2.43. The maximum Gasteiger partial charge on any atom is 0.351 e. The van der Waals surface area contributed by atoms with Gasteiger partial charge in [-0.3, -0.25) is 9.36 Å². The predicted octanol–water partition coefficient (Wildman–Crippen LogP) is 0.0150. The van der Waals surface area contributed by atoms with Gasteiger partial charge in [0.2, 0.25) is 5.91 Å². The number of hydrogen-bond donors (Lipinski definition) is 3. The summed E-state index contributed by atoms with van der Waals surface area (Å²) in [5, 5.41) is 21.7. The smallest absolute Gasteiger partial charge is 0.351 e. The molecule has 1 aliphatic heterocycles. The Bertz CT molecular complexity index is 681. The number of anilines is 1. The van der Waals surface area contributed by atoms with Crippen LogP contribution in [0, 0.1) is 5.41 Å². The lowest BCUT2D eigenvalue weighted by Gasteiger charge is -2.20. The minimum absolute atomic E-state index is 0.131. The Labute approximate surface area is 145 Å². The average Bonchev–Trinajstić information content (AvgIpc) is 2.89. The van der Waals surface area contributed by atoms with Crippen LogP contribution >= 0.6 is 0 Å². The molecule has 2 rings (SSSR count). The molecule has 1 saturated heterocycles. The molecule has 9 nitrogen and oxygen atoms in total. The van der Waals surface area contributed by atoms with Crippen LogP contribution in [0.4, 0.5) is 5.82 Å². The van der Waals surface area contributed by atoms with E-state index in [1.165, 1.54) is 17.9 Å². The molecule has 0 radical (unpaired) electrons. The minimum Gasteiger partial charge on any atom is -0.394 e. The zero-order valence-electron chi connectivity index (χ0n) is 14.9. The van der Waals surface area contributed by atoms with Gasteiger partial charge in [0.25, 0.3) is 0 Å². The molecular formula is C16H25N3O6. The number of carbonyl (C=O) groups excluding carboxylic acids is 1. The van der Waals surface area contributed by atoms with Crippen molar-refractivity contribution in [1.29, 1.82) is 0 Å². The summed E-state index contributed by atoms with van der Waals surface area (Å²) in [5.74, 6) is -0.136. The first-order valence-corrected chi connectivity index (χ1v) is 8.04. The molecule has 0 saturated carbocycles. The average molecular weight is 355 g/mol. The summed E-state index contributed by atoms with van der Waals surface area (Å²) in [5.41, 5.74) is -0.765. The summed E-state index contributed by atoms with van der Waals surface area (Å²) < 4.78 is 11.8. The molecule has 1 fully saturated rings. The Balaban J connectivity index is 2.34. The van der Waals surface area contributed by atoms with E-state index in [2.05, 4.69) is 10.3 Å². The molecule has 9 heteroatoms. The molecule has 0 aliphatic carbocycles. The maximum absolute atomic E-state index is 12.4. The molecule has 0 unspecified atom stereocenters. The predicted molar refractivity (Wildman–Crippen MR) is 88.9 cm³/mol. The molecule has 25 heavy (non-hydrogen) atoms. The quantitative estimate of drug-likeness (QED) is 0.680. The van der Waals surface area contributed by atoms with Crippen LogP contribution in [-0.2, 0) is 20.9 Å². The van der Waals surface area contributed by atoms with E-state index in [-0.39, 0.29) is 31.4 Å². The standard InChI is InChI=1S/C16H25N3O6/c1-16(2,3)14(22)17-13-9(8-24-4)6-19(15(23)18-13)12-5-10(21)11(7-20)25-12/h6,10-12,20-21H,5,7-8H2,1-4H3,(H,17,18,22,23)/t10-,11+,12+/m0/s1. The largest absolute Gasteiger partial charge is 0.394 e. The van der Waals surface area contributed by atoms with Gasteiger partial charge in [0.05, 0.1) is 19.3 Å². The van der Waals surface area contributed by atoms with Gasteiger partial charge >= 0.3 is 5.69 Å². The first kappa shape index (κ1) is 19.5. The summed E-state index contributed by atoms with van der Waals surface area (Å²) in [6.45, 7) is 5.04. The molecule has 2 heterocycles. The highest BCUT2D eigenvalue weighted by Crippen LogP contribution is 2.28. The highest BCUT2D eigenvalue weighted by molar-refractivity contribution is 5.94. The van der Waals surface area contributed by atoms with Crippen LogP contribution in [0.25, 0.3) is 0 Å². The number of nitrogens with one attached hydrogen (secondary N) is 1. The second-order valence-corrected chi connectivity index (χ2v) is 7.06. The van der Waals surface area contributed by atoms with E-state index >= 15 is 0 Å². The van der Waals surface area contributed by atoms with Crippen LogP contribution in [0.15, 0.2) is 11.0 Å². The number of nitrogens with zero attached hydrogens (tertiary/aromatic N) is 2. The summed E-state index contributed by atoms with van der Waals surface area (Å²) in [6, 6.07) is 0. The second-order valence-electron chi connectivity index (χ2n) is 7.06. The molecule has 0 spiro atoms. The lowest BCUT2D eigenvalue weighted by molar-refractivity contribution is -0.123. The zero-order valence-corrected chi connectivity index (χ0v) is 14.9. The van der Waals surface area contributed by atoms with E-state index in [1.807, 2.05) is 0 Å². The zero-order chi connectivity index (χ0) is 18.8. The van der Waals surface area contributed by atoms with Crippen LogP contribution < -0.4 is 11.0 Å². The maximum atomic E-state index is 12.4. The van der Waals surface area contributed by atoms with Crippen LogP contribution in [-0.4, -0.2) is 51.6 Å². The Morgan fingerprint density at radius 1 is 1.52 bits per heavy atom. The lowest BCUT2D eigenvalue weighted by Crippen LogP contribution is -2.33. The van der Waals surface area contributed by atoms with Crippen molar-refractivity contribution in [1.82, 2.24) is 9.55 Å². The number of aliphatic hydroxyl groups is 2. The first-order valence-electron chi connectivity index (χ1n) is 8.04. The van der Waals surface area contributed by atoms with Crippen LogP contribution in [0.2, 0.25) is 0 Å². The molecule has 140 valence electrons. The van der Waals surface area contributed by atoms with Gasteiger partial charge in [-0.15, -0.1) is 0 Å². The van der Waals surface area contributed by atoms with Gasteiger partial charge in [-0.1, -0.05) is 20.8 Å². The van der Waals surface area contributed by atoms with Crippen LogP contribution in [0.1, 0.15) is 39.0 Å². The van der Waals surface area contributed by atoms with Crippen molar-refractivity contribution in [3.05, 3.63) is 22.2 Å².